The molecule has 2 saturated heterocycles. The van der Waals surface area contributed by atoms with Gasteiger partial charge in [0.05, 0.1) is 11.2 Å². The van der Waals surface area contributed by atoms with Crippen LogP contribution in [0.15, 0.2) is 48.5 Å². The van der Waals surface area contributed by atoms with Crippen LogP contribution < -0.4 is 0 Å². The first-order valence-corrected chi connectivity index (χ1v) is 11.5. The van der Waals surface area contributed by atoms with Crippen molar-refractivity contribution in [2.24, 2.45) is 0 Å². The SMILES string of the molecule is OC1(c2ccc(Cl)cc2)CCN(CCN2CCC(O)(c3ccc(Cl)cc3)CC2)CC1. The molecular weight excluding hydrogens is 419 g/mol. The predicted molar refractivity (Wildman–Crippen MR) is 122 cm³/mol. The van der Waals surface area contributed by atoms with E-state index in [2.05, 4.69) is 9.80 Å². The first kappa shape index (κ1) is 22.1. The van der Waals surface area contributed by atoms with Gasteiger partial charge in [0.25, 0.3) is 0 Å². The molecule has 4 rings (SSSR count). The third kappa shape index (κ3) is 5.01. The summed E-state index contributed by atoms with van der Waals surface area (Å²) in [6.07, 6.45) is 2.96. The molecule has 0 aliphatic carbocycles. The van der Waals surface area contributed by atoms with Crippen LogP contribution in [0.3, 0.4) is 0 Å². The molecule has 4 nitrogen and oxygen atoms in total. The lowest BCUT2D eigenvalue weighted by molar-refractivity contribution is -0.0382. The van der Waals surface area contributed by atoms with Crippen molar-refractivity contribution in [1.82, 2.24) is 9.80 Å². The van der Waals surface area contributed by atoms with Crippen LogP contribution in [0.2, 0.25) is 10.0 Å². The van der Waals surface area contributed by atoms with Crippen molar-refractivity contribution in [3.8, 4) is 0 Å². The average Bonchev–Trinajstić information content (AvgIpc) is 2.75. The summed E-state index contributed by atoms with van der Waals surface area (Å²) in [6.45, 7) is 5.55. The summed E-state index contributed by atoms with van der Waals surface area (Å²) in [5.41, 5.74) is 0.427. The maximum Gasteiger partial charge on any atom is 0.0920 e. The number of rotatable bonds is 5. The summed E-state index contributed by atoms with van der Waals surface area (Å²) in [4.78, 5) is 4.87. The van der Waals surface area contributed by atoms with Gasteiger partial charge in [0.1, 0.15) is 0 Å². The molecule has 0 amide bonds. The maximum absolute atomic E-state index is 11.0. The van der Waals surface area contributed by atoms with Gasteiger partial charge in [-0.1, -0.05) is 47.5 Å². The van der Waals surface area contributed by atoms with E-state index in [-0.39, 0.29) is 0 Å². The Hall–Kier alpha value is -1.14. The summed E-state index contributed by atoms with van der Waals surface area (Å²) >= 11 is 12.0. The smallest absolute Gasteiger partial charge is 0.0920 e. The average molecular weight is 449 g/mol. The Balaban J connectivity index is 1.23. The van der Waals surface area contributed by atoms with Crippen molar-refractivity contribution in [2.45, 2.75) is 36.9 Å². The molecule has 2 aromatic carbocycles. The molecule has 0 radical (unpaired) electrons. The quantitative estimate of drug-likeness (QED) is 0.716. The molecule has 30 heavy (non-hydrogen) atoms. The molecule has 0 bridgehead atoms. The number of halogens is 2. The topological polar surface area (TPSA) is 46.9 Å². The molecule has 2 N–H and O–H groups in total. The molecule has 2 aliphatic heterocycles. The van der Waals surface area contributed by atoms with Crippen LogP contribution in [-0.4, -0.2) is 59.3 Å². The summed E-state index contributed by atoms with van der Waals surface area (Å²) in [7, 11) is 0. The monoisotopic (exact) mass is 448 g/mol. The summed E-state index contributed by atoms with van der Waals surface area (Å²) in [6, 6.07) is 15.2. The number of piperidine rings is 2. The Morgan fingerprint density at radius 2 is 0.900 bits per heavy atom. The van der Waals surface area contributed by atoms with E-state index in [9.17, 15) is 10.2 Å². The standard InChI is InChI=1S/C24H30Cl2N2O2/c25-21-5-1-19(2-6-21)23(29)9-13-27(14-10-23)17-18-28-15-11-24(30,12-16-28)20-3-7-22(26)8-4-20/h1-8,29-30H,9-18H2. The van der Waals surface area contributed by atoms with E-state index >= 15 is 0 Å². The molecule has 0 spiro atoms. The minimum Gasteiger partial charge on any atom is -0.385 e. The highest BCUT2D eigenvalue weighted by Gasteiger charge is 2.35. The van der Waals surface area contributed by atoms with Gasteiger partial charge in [0.15, 0.2) is 0 Å². The molecule has 0 aromatic heterocycles. The third-order valence-corrected chi connectivity index (χ3v) is 7.37. The normalized spacial score (nSPS) is 22.1. The van der Waals surface area contributed by atoms with Gasteiger partial charge in [-0.05, 0) is 61.1 Å². The lowest BCUT2D eigenvalue weighted by Crippen LogP contribution is -2.48. The summed E-state index contributed by atoms with van der Waals surface area (Å²) < 4.78 is 0. The molecule has 2 aromatic rings. The first-order chi connectivity index (χ1) is 14.4. The Bertz CT molecular complexity index is 754. The van der Waals surface area contributed by atoms with Crippen LogP contribution >= 0.6 is 23.2 Å². The highest BCUT2D eigenvalue weighted by atomic mass is 35.5. The van der Waals surface area contributed by atoms with Crippen molar-refractivity contribution in [3.05, 3.63) is 69.7 Å². The van der Waals surface area contributed by atoms with Crippen molar-refractivity contribution >= 4 is 23.2 Å². The maximum atomic E-state index is 11.0. The molecular formula is C24H30Cl2N2O2. The fraction of sp³-hybridized carbons (Fsp3) is 0.500. The zero-order valence-electron chi connectivity index (χ0n) is 17.2. The molecule has 2 aliphatic rings. The van der Waals surface area contributed by atoms with Crippen molar-refractivity contribution in [3.63, 3.8) is 0 Å². The van der Waals surface area contributed by atoms with Gasteiger partial charge >= 0.3 is 0 Å². The van der Waals surface area contributed by atoms with Crippen LogP contribution in [0.5, 0.6) is 0 Å². The number of hydrogen-bond donors (Lipinski definition) is 2. The number of benzene rings is 2. The molecule has 162 valence electrons. The van der Waals surface area contributed by atoms with Gasteiger partial charge in [-0.3, -0.25) is 0 Å². The first-order valence-electron chi connectivity index (χ1n) is 10.8. The molecule has 0 saturated carbocycles. The van der Waals surface area contributed by atoms with E-state index in [1.807, 2.05) is 48.5 Å². The van der Waals surface area contributed by atoms with Gasteiger partial charge in [-0.25, -0.2) is 0 Å². The zero-order chi connectivity index (χ0) is 21.2. The predicted octanol–water partition coefficient (Wildman–Crippen LogP) is 4.26. The number of hydrogen-bond acceptors (Lipinski definition) is 4. The van der Waals surface area contributed by atoms with E-state index < -0.39 is 11.2 Å². The van der Waals surface area contributed by atoms with Gasteiger partial charge in [-0.2, -0.15) is 0 Å². The van der Waals surface area contributed by atoms with Crippen LogP contribution in [0.1, 0.15) is 36.8 Å². The lowest BCUT2D eigenvalue weighted by Gasteiger charge is -2.41. The molecule has 6 heteroatoms. The van der Waals surface area contributed by atoms with E-state index in [0.29, 0.717) is 10.0 Å². The van der Waals surface area contributed by atoms with Crippen LogP contribution in [0.25, 0.3) is 0 Å². The van der Waals surface area contributed by atoms with Crippen molar-refractivity contribution < 1.29 is 10.2 Å². The van der Waals surface area contributed by atoms with Gasteiger partial charge in [0, 0.05) is 49.3 Å². The highest BCUT2D eigenvalue weighted by molar-refractivity contribution is 6.30. The van der Waals surface area contributed by atoms with Crippen LogP contribution in [0.4, 0.5) is 0 Å². The fourth-order valence-corrected chi connectivity index (χ4v) is 4.93. The van der Waals surface area contributed by atoms with Crippen molar-refractivity contribution in [1.29, 1.82) is 0 Å². The minimum absolute atomic E-state index is 0.698. The van der Waals surface area contributed by atoms with E-state index in [1.54, 1.807) is 0 Å². The minimum atomic E-state index is -0.749. The fourth-order valence-electron chi connectivity index (χ4n) is 4.67. The van der Waals surface area contributed by atoms with E-state index in [1.165, 1.54) is 0 Å². The second-order valence-electron chi connectivity index (χ2n) is 8.76. The summed E-state index contributed by atoms with van der Waals surface area (Å²) in [5, 5.41) is 23.5. The van der Waals surface area contributed by atoms with Gasteiger partial charge in [0.2, 0.25) is 0 Å². The second kappa shape index (κ2) is 9.15. The summed E-state index contributed by atoms with van der Waals surface area (Å²) in [5.74, 6) is 0. The lowest BCUT2D eigenvalue weighted by atomic mass is 9.84. The van der Waals surface area contributed by atoms with Gasteiger partial charge < -0.3 is 20.0 Å². The molecule has 2 fully saturated rings. The van der Waals surface area contributed by atoms with Crippen LogP contribution in [0, 0.1) is 0 Å². The Kier molecular flexibility index (Phi) is 6.73. The zero-order valence-corrected chi connectivity index (χ0v) is 18.7. The highest BCUT2D eigenvalue weighted by Crippen LogP contribution is 2.35. The largest absolute Gasteiger partial charge is 0.385 e. The molecule has 0 atom stereocenters. The van der Waals surface area contributed by atoms with Gasteiger partial charge in [-0.15, -0.1) is 0 Å². The number of likely N-dealkylation sites (tertiary alicyclic amines) is 2. The Morgan fingerprint density at radius 1 is 0.600 bits per heavy atom. The molecule has 2 heterocycles. The number of aliphatic hydroxyl groups is 2. The second-order valence-corrected chi connectivity index (χ2v) is 9.63. The van der Waals surface area contributed by atoms with E-state index in [4.69, 9.17) is 23.2 Å². The third-order valence-electron chi connectivity index (χ3n) is 6.86. The number of nitrogens with zero attached hydrogens (tertiary/aromatic N) is 2. The Morgan fingerprint density at radius 3 is 1.20 bits per heavy atom. The van der Waals surface area contributed by atoms with Crippen LogP contribution in [-0.2, 0) is 11.2 Å². The van der Waals surface area contributed by atoms with Crippen molar-refractivity contribution in [2.75, 3.05) is 39.3 Å². The van der Waals surface area contributed by atoms with E-state index in [0.717, 1.165) is 76.1 Å². The molecule has 0 unspecified atom stereocenters. The Labute approximate surface area is 189 Å².